The molecule has 0 fully saturated rings. The molecule has 0 aromatic heterocycles. The van der Waals surface area contributed by atoms with E-state index in [2.05, 4.69) is 46.5 Å². The highest BCUT2D eigenvalue weighted by Crippen LogP contribution is 2.39. The van der Waals surface area contributed by atoms with Crippen molar-refractivity contribution >= 4 is 13.9 Å². The largest absolute Gasteiger partial charge is 0.295 e. The maximum atomic E-state index is 11.4. The Labute approximate surface area is 107 Å². The van der Waals surface area contributed by atoms with Crippen molar-refractivity contribution in [3.63, 3.8) is 0 Å². The summed E-state index contributed by atoms with van der Waals surface area (Å²) < 4.78 is 0. The van der Waals surface area contributed by atoms with E-state index in [1.54, 1.807) is 5.20 Å². The van der Waals surface area contributed by atoms with Crippen LogP contribution in [0.15, 0.2) is 22.9 Å². The third-order valence-corrected chi connectivity index (χ3v) is 6.86. The number of ketones is 1. The standard InChI is InChI=1S/C15H26OSi/c1-12-11-14(16)8-10-15(12,3)9-7-13(2)17(4,5)6/h7,11H,8-10H2,1-6H3/b13-7-. The van der Waals surface area contributed by atoms with Crippen LogP contribution in [0.2, 0.25) is 19.6 Å². The smallest absolute Gasteiger partial charge is 0.155 e. The molecule has 17 heavy (non-hydrogen) atoms. The van der Waals surface area contributed by atoms with Crippen LogP contribution in [0.4, 0.5) is 0 Å². The van der Waals surface area contributed by atoms with Crippen molar-refractivity contribution in [3.8, 4) is 0 Å². The first kappa shape index (κ1) is 14.4. The predicted molar refractivity (Wildman–Crippen MR) is 77.8 cm³/mol. The Balaban J connectivity index is 2.82. The first-order chi connectivity index (χ1) is 7.65. The molecule has 1 aliphatic carbocycles. The molecular formula is C15H26OSi. The van der Waals surface area contributed by atoms with Crippen molar-refractivity contribution in [1.29, 1.82) is 0 Å². The van der Waals surface area contributed by atoms with Crippen LogP contribution in [0.5, 0.6) is 0 Å². The van der Waals surface area contributed by atoms with Gasteiger partial charge in [-0.15, -0.1) is 0 Å². The average molecular weight is 250 g/mol. The Hall–Kier alpha value is -0.633. The van der Waals surface area contributed by atoms with Crippen LogP contribution in [-0.4, -0.2) is 13.9 Å². The van der Waals surface area contributed by atoms with Crippen molar-refractivity contribution in [2.24, 2.45) is 5.41 Å². The normalized spacial score (nSPS) is 27.1. The molecule has 0 saturated heterocycles. The fraction of sp³-hybridized carbons (Fsp3) is 0.667. The summed E-state index contributed by atoms with van der Waals surface area (Å²) in [4.78, 5) is 11.4. The minimum atomic E-state index is -1.14. The van der Waals surface area contributed by atoms with Gasteiger partial charge in [0, 0.05) is 6.42 Å². The summed E-state index contributed by atoms with van der Waals surface area (Å²) in [6.45, 7) is 13.8. The van der Waals surface area contributed by atoms with E-state index in [9.17, 15) is 4.79 Å². The molecule has 0 amide bonds. The second kappa shape index (κ2) is 4.93. The minimum absolute atomic E-state index is 0.203. The van der Waals surface area contributed by atoms with Crippen LogP contribution < -0.4 is 0 Å². The van der Waals surface area contributed by atoms with E-state index >= 15 is 0 Å². The number of carbonyl (C=O) groups excluding carboxylic acids is 1. The zero-order chi connectivity index (χ0) is 13.3. The van der Waals surface area contributed by atoms with Crippen LogP contribution in [0.1, 0.15) is 40.0 Å². The van der Waals surface area contributed by atoms with E-state index in [1.165, 1.54) is 5.57 Å². The predicted octanol–water partition coefficient (Wildman–Crippen LogP) is 4.52. The van der Waals surface area contributed by atoms with Crippen molar-refractivity contribution in [1.82, 2.24) is 0 Å². The highest BCUT2D eigenvalue weighted by molar-refractivity contribution is 6.82. The van der Waals surface area contributed by atoms with Gasteiger partial charge in [-0.1, -0.05) is 43.4 Å². The Kier molecular flexibility index (Phi) is 4.18. The first-order valence-corrected chi connectivity index (χ1v) is 10.0. The molecule has 0 aromatic carbocycles. The summed E-state index contributed by atoms with van der Waals surface area (Å²) >= 11 is 0. The van der Waals surface area contributed by atoms with Gasteiger partial charge in [-0.2, -0.15) is 0 Å². The number of rotatable bonds is 3. The van der Waals surface area contributed by atoms with E-state index < -0.39 is 8.07 Å². The van der Waals surface area contributed by atoms with Crippen LogP contribution in [-0.2, 0) is 4.79 Å². The Bertz CT molecular complexity index is 371. The summed E-state index contributed by atoms with van der Waals surface area (Å²) in [7, 11) is -1.14. The molecule has 0 aromatic rings. The van der Waals surface area contributed by atoms with Gasteiger partial charge in [0.1, 0.15) is 0 Å². The fourth-order valence-electron chi connectivity index (χ4n) is 2.03. The number of hydrogen-bond donors (Lipinski definition) is 0. The number of allylic oxidation sites excluding steroid dienone is 4. The van der Waals surface area contributed by atoms with Gasteiger partial charge in [-0.05, 0) is 38.2 Å². The van der Waals surface area contributed by atoms with Gasteiger partial charge in [0.2, 0.25) is 0 Å². The average Bonchev–Trinajstić information content (AvgIpc) is 2.20. The molecule has 0 N–H and O–H groups in total. The highest BCUT2D eigenvalue weighted by Gasteiger charge is 2.30. The van der Waals surface area contributed by atoms with E-state index in [4.69, 9.17) is 0 Å². The maximum absolute atomic E-state index is 11.4. The molecule has 1 rings (SSSR count). The third-order valence-electron chi connectivity index (χ3n) is 4.29. The van der Waals surface area contributed by atoms with Crippen LogP contribution in [0, 0.1) is 5.41 Å². The van der Waals surface area contributed by atoms with Crippen LogP contribution >= 0.6 is 0 Å². The van der Waals surface area contributed by atoms with Crippen LogP contribution in [0.3, 0.4) is 0 Å². The molecule has 1 aliphatic rings. The SMILES string of the molecule is CC1=CC(=O)CCC1(C)C/C=C(/C)[Si](C)(C)C. The zero-order valence-corrected chi connectivity index (χ0v) is 13.2. The van der Waals surface area contributed by atoms with Gasteiger partial charge >= 0.3 is 0 Å². The molecule has 1 unspecified atom stereocenters. The van der Waals surface area contributed by atoms with Gasteiger partial charge < -0.3 is 0 Å². The summed E-state index contributed by atoms with van der Waals surface area (Å²) in [5.74, 6) is 0.297. The number of hydrogen-bond acceptors (Lipinski definition) is 1. The minimum Gasteiger partial charge on any atom is -0.295 e. The van der Waals surface area contributed by atoms with Crippen molar-refractivity contribution < 1.29 is 4.79 Å². The van der Waals surface area contributed by atoms with E-state index in [0.29, 0.717) is 12.2 Å². The Morgan fingerprint density at radius 3 is 2.53 bits per heavy atom. The molecule has 96 valence electrons. The Morgan fingerprint density at radius 2 is 2.06 bits per heavy atom. The zero-order valence-electron chi connectivity index (χ0n) is 12.2. The summed E-state index contributed by atoms with van der Waals surface area (Å²) in [5, 5.41) is 1.57. The number of carbonyl (C=O) groups is 1. The van der Waals surface area contributed by atoms with Gasteiger partial charge in [-0.3, -0.25) is 4.79 Å². The second-order valence-electron chi connectivity index (χ2n) is 6.70. The van der Waals surface area contributed by atoms with Crippen molar-refractivity contribution in [3.05, 3.63) is 22.9 Å². The molecule has 2 heteroatoms. The van der Waals surface area contributed by atoms with E-state index in [1.807, 2.05) is 6.08 Å². The third kappa shape index (κ3) is 3.67. The first-order valence-electron chi connectivity index (χ1n) is 6.54. The lowest BCUT2D eigenvalue weighted by atomic mass is 9.72. The Morgan fingerprint density at radius 1 is 1.47 bits per heavy atom. The van der Waals surface area contributed by atoms with Crippen molar-refractivity contribution in [2.75, 3.05) is 0 Å². The lowest BCUT2D eigenvalue weighted by molar-refractivity contribution is -0.115. The second-order valence-corrected chi connectivity index (χ2v) is 12.0. The molecule has 1 nitrogen and oxygen atoms in total. The van der Waals surface area contributed by atoms with Crippen molar-refractivity contribution in [2.45, 2.75) is 59.7 Å². The van der Waals surface area contributed by atoms with Crippen LogP contribution in [0.25, 0.3) is 0 Å². The molecule has 0 aliphatic heterocycles. The van der Waals surface area contributed by atoms with E-state index in [0.717, 1.165) is 12.8 Å². The molecule has 0 radical (unpaired) electrons. The monoisotopic (exact) mass is 250 g/mol. The molecule has 0 bridgehead atoms. The van der Waals surface area contributed by atoms with Gasteiger partial charge in [0.05, 0.1) is 8.07 Å². The summed E-state index contributed by atoms with van der Waals surface area (Å²) in [5.41, 5.74) is 1.46. The molecular weight excluding hydrogens is 224 g/mol. The summed E-state index contributed by atoms with van der Waals surface area (Å²) in [6, 6.07) is 0. The van der Waals surface area contributed by atoms with E-state index in [-0.39, 0.29) is 5.41 Å². The molecule has 0 saturated carbocycles. The molecule has 1 atom stereocenters. The van der Waals surface area contributed by atoms with Gasteiger partial charge in [-0.25, -0.2) is 0 Å². The molecule has 0 spiro atoms. The molecule has 0 heterocycles. The fourth-order valence-corrected chi connectivity index (χ4v) is 2.75. The maximum Gasteiger partial charge on any atom is 0.155 e. The van der Waals surface area contributed by atoms with Gasteiger partial charge in [0.15, 0.2) is 5.78 Å². The topological polar surface area (TPSA) is 17.1 Å². The van der Waals surface area contributed by atoms with Gasteiger partial charge in [0.25, 0.3) is 0 Å². The summed E-state index contributed by atoms with van der Waals surface area (Å²) in [6.07, 6.45) is 7.07. The highest BCUT2D eigenvalue weighted by atomic mass is 28.3. The lowest BCUT2D eigenvalue weighted by Crippen LogP contribution is -2.26. The quantitative estimate of drug-likeness (QED) is 0.673. The lowest BCUT2D eigenvalue weighted by Gasteiger charge is -2.33.